The molecule has 0 aliphatic heterocycles. The molecule has 3 heteroatoms. The summed E-state index contributed by atoms with van der Waals surface area (Å²) in [7, 11) is 1.84. The summed E-state index contributed by atoms with van der Waals surface area (Å²) >= 11 is 0. The first-order chi connectivity index (χ1) is 6.49. The molecule has 0 aliphatic carbocycles. The Morgan fingerprint density at radius 2 is 2.14 bits per heavy atom. The van der Waals surface area contributed by atoms with Crippen molar-refractivity contribution in [2.24, 2.45) is 5.92 Å². The fourth-order valence-electron chi connectivity index (χ4n) is 1.21. The van der Waals surface area contributed by atoms with E-state index in [1.807, 2.05) is 26.2 Å². The van der Waals surface area contributed by atoms with Crippen LogP contribution in [0, 0.1) is 5.92 Å². The quantitative estimate of drug-likeness (QED) is 0.444. The van der Waals surface area contributed by atoms with Crippen LogP contribution in [-0.2, 0) is 0 Å². The molecule has 0 rings (SSSR count). The van der Waals surface area contributed by atoms with Crippen LogP contribution < -0.4 is 10.6 Å². The SMILES string of the molecule is C=C(/C=C\NC)[C@@](C)(NCO)C(C)C. The average molecular weight is 198 g/mol. The van der Waals surface area contributed by atoms with Gasteiger partial charge in [-0.05, 0) is 30.7 Å². The Balaban J connectivity index is 4.64. The normalized spacial score (nSPS) is 15.9. The van der Waals surface area contributed by atoms with Gasteiger partial charge in [0.2, 0.25) is 0 Å². The van der Waals surface area contributed by atoms with Crippen LogP contribution in [-0.4, -0.2) is 24.4 Å². The molecule has 0 radical (unpaired) electrons. The molecule has 0 unspecified atom stereocenters. The van der Waals surface area contributed by atoms with E-state index in [2.05, 4.69) is 31.1 Å². The molecule has 14 heavy (non-hydrogen) atoms. The van der Waals surface area contributed by atoms with Crippen LogP contribution in [0.25, 0.3) is 0 Å². The first-order valence-electron chi connectivity index (χ1n) is 4.88. The molecular formula is C11H22N2O. The smallest absolute Gasteiger partial charge is 0.0938 e. The molecule has 1 atom stereocenters. The van der Waals surface area contributed by atoms with Crippen LogP contribution >= 0.6 is 0 Å². The lowest BCUT2D eigenvalue weighted by molar-refractivity contribution is 0.191. The minimum absolute atomic E-state index is 0.0406. The second-order valence-electron chi connectivity index (χ2n) is 3.84. The van der Waals surface area contributed by atoms with Crippen LogP contribution in [0.15, 0.2) is 24.4 Å². The van der Waals surface area contributed by atoms with Gasteiger partial charge in [-0.25, -0.2) is 0 Å². The number of hydrogen-bond acceptors (Lipinski definition) is 3. The van der Waals surface area contributed by atoms with E-state index in [1.165, 1.54) is 0 Å². The minimum Gasteiger partial charge on any atom is -0.394 e. The van der Waals surface area contributed by atoms with E-state index in [0.717, 1.165) is 5.57 Å². The van der Waals surface area contributed by atoms with E-state index in [4.69, 9.17) is 5.11 Å². The molecule has 3 nitrogen and oxygen atoms in total. The summed E-state index contributed by atoms with van der Waals surface area (Å²) in [6.07, 6.45) is 3.75. The summed E-state index contributed by atoms with van der Waals surface area (Å²) in [5, 5.41) is 14.9. The van der Waals surface area contributed by atoms with Crippen molar-refractivity contribution >= 4 is 0 Å². The number of rotatable bonds is 6. The van der Waals surface area contributed by atoms with Crippen molar-refractivity contribution in [3.8, 4) is 0 Å². The summed E-state index contributed by atoms with van der Waals surface area (Å²) in [5.41, 5.74) is 0.693. The zero-order valence-corrected chi connectivity index (χ0v) is 9.59. The molecular weight excluding hydrogens is 176 g/mol. The predicted molar refractivity (Wildman–Crippen MR) is 60.8 cm³/mol. The zero-order chi connectivity index (χ0) is 11.2. The molecule has 0 saturated carbocycles. The van der Waals surface area contributed by atoms with Crippen molar-refractivity contribution in [3.63, 3.8) is 0 Å². The van der Waals surface area contributed by atoms with Gasteiger partial charge >= 0.3 is 0 Å². The summed E-state index contributed by atoms with van der Waals surface area (Å²) in [5.74, 6) is 0.364. The van der Waals surface area contributed by atoms with Crippen LogP contribution in [0.1, 0.15) is 20.8 Å². The summed E-state index contributed by atoms with van der Waals surface area (Å²) in [4.78, 5) is 0. The average Bonchev–Trinajstić information content (AvgIpc) is 2.14. The van der Waals surface area contributed by atoms with Gasteiger partial charge in [-0.3, -0.25) is 5.32 Å². The number of hydrogen-bond donors (Lipinski definition) is 3. The standard InChI is InChI=1S/C11H22N2O/c1-9(2)11(4,13-8-14)10(3)6-7-12-5/h6-7,9,12-14H,3,8H2,1-2,4-5H3/b7-6-/t11-/m0/s1. The van der Waals surface area contributed by atoms with Crippen LogP contribution in [0.5, 0.6) is 0 Å². The van der Waals surface area contributed by atoms with Crippen LogP contribution in [0.2, 0.25) is 0 Å². The van der Waals surface area contributed by atoms with E-state index in [9.17, 15) is 0 Å². The van der Waals surface area contributed by atoms with E-state index in [1.54, 1.807) is 0 Å². The van der Waals surface area contributed by atoms with Crippen LogP contribution in [0.3, 0.4) is 0 Å². The maximum atomic E-state index is 8.93. The molecule has 82 valence electrons. The first-order valence-corrected chi connectivity index (χ1v) is 4.88. The summed E-state index contributed by atoms with van der Waals surface area (Å²) < 4.78 is 0. The van der Waals surface area contributed by atoms with Gasteiger partial charge in [-0.1, -0.05) is 20.4 Å². The Bertz CT molecular complexity index is 211. The van der Waals surface area contributed by atoms with Gasteiger partial charge in [-0.15, -0.1) is 0 Å². The highest BCUT2D eigenvalue weighted by atomic mass is 16.3. The molecule has 0 saturated heterocycles. The highest BCUT2D eigenvalue weighted by Crippen LogP contribution is 2.24. The highest BCUT2D eigenvalue weighted by molar-refractivity contribution is 5.27. The van der Waals surface area contributed by atoms with Gasteiger partial charge in [0.15, 0.2) is 0 Å². The van der Waals surface area contributed by atoms with E-state index in [-0.39, 0.29) is 12.3 Å². The minimum atomic E-state index is -0.262. The van der Waals surface area contributed by atoms with Gasteiger partial charge in [0, 0.05) is 12.6 Å². The molecule has 0 bridgehead atoms. The topological polar surface area (TPSA) is 44.3 Å². The van der Waals surface area contributed by atoms with Gasteiger partial charge in [0.25, 0.3) is 0 Å². The van der Waals surface area contributed by atoms with Crippen molar-refractivity contribution in [2.45, 2.75) is 26.3 Å². The third kappa shape index (κ3) is 3.16. The fraction of sp³-hybridized carbons (Fsp3) is 0.636. The third-order valence-electron chi connectivity index (χ3n) is 2.72. The molecule has 0 heterocycles. The molecule has 0 spiro atoms. The predicted octanol–water partition coefficient (Wildman–Crippen LogP) is 1.23. The zero-order valence-electron chi connectivity index (χ0n) is 9.59. The van der Waals surface area contributed by atoms with Gasteiger partial charge in [0.05, 0.1) is 6.73 Å². The summed E-state index contributed by atoms with van der Waals surface area (Å²) in [6.45, 7) is 10.2. The molecule has 3 N–H and O–H groups in total. The Morgan fingerprint density at radius 3 is 2.50 bits per heavy atom. The lowest BCUT2D eigenvalue weighted by atomic mass is 9.82. The van der Waals surface area contributed by atoms with Gasteiger partial charge < -0.3 is 10.4 Å². The second-order valence-corrected chi connectivity index (χ2v) is 3.84. The lowest BCUT2D eigenvalue weighted by Crippen LogP contribution is -2.48. The van der Waals surface area contributed by atoms with E-state index < -0.39 is 0 Å². The van der Waals surface area contributed by atoms with Crippen molar-refractivity contribution in [1.29, 1.82) is 0 Å². The van der Waals surface area contributed by atoms with E-state index >= 15 is 0 Å². The van der Waals surface area contributed by atoms with Crippen molar-refractivity contribution < 1.29 is 5.11 Å². The van der Waals surface area contributed by atoms with Gasteiger partial charge in [0.1, 0.15) is 0 Å². The van der Waals surface area contributed by atoms with Crippen molar-refractivity contribution in [3.05, 3.63) is 24.4 Å². The Hall–Kier alpha value is -0.800. The van der Waals surface area contributed by atoms with Crippen LogP contribution in [0.4, 0.5) is 0 Å². The number of nitrogens with one attached hydrogen (secondary N) is 2. The molecule has 0 aliphatic rings. The maximum Gasteiger partial charge on any atom is 0.0938 e. The number of aliphatic hydroxyl groups is 1. The summed E-state index contributed by atoms with van der Waals surface area (Å²) in [6, 6.07) is 0. The fourth-order valence-corrected chi connectivity index (χ4v) is 1.21. The molecule has 0 aromatic rings. The van der Waals surface area contributed by atoms with Crippen molar-refractivity contribution in [2.75, 3.05) is 13.8 Å². The Labute approximate surface area is 86.9 Å². The number of aliphatic hydroxyl groups excluding tert-OH is 1. The maximum absolute atomic E-state index is 8.93. The molecule has 0 fully saturated rings. The largest absolute Gasteiger partial charge is 0.394 e. The monoisotopic (exact) mass is 198 g/mol. The third-order valence-corrected chi connectivity index (χ3v) is 2.72. The van der Waals surface area contributed by atoms with Crippen molar-refractivity contribution in [1.82, 2.24) is 10.6 Å². The highest BCUT2D eigenvalue weighted by Gasteiger charge is 2.29. The van der Waals surface area contributed by atoms with Gasteiger partial charge in [-0.2, -0.15) is 0 Å². The second kappa shape index (κ2) is 5.83. The Kier molecular flexibility index (Phi) is 5.50. The molecule has 0 amide bonds. The first kappa shape index (κ1) is 13.2. The molecule has 0 aromatic carbocycles. The lowest BCUT2D eigenvalue weighted by Gasteiger charge is -2.35. The van der Waals surface area contributed by atoms with E-state index in [0.29, 0.717) is 5.92 Å². The Morgan fingerprint density at radius 1 is 1.57 bits per heavy atom. The molecule has 0 aromatic heterocycles.